The Labute approximate surface area is 120 Å². The van der Waals surface area contributed by atoms with Gasteiger partial charge in [0.1, 0.15) is 4.90 Å². The highest BCUT2D eigenvalue weighted by Gasteiger charge is 2.32. The quantitative estimate of drug-likeness (QED) is 0.854. The molecule has 18 heavy (non-hydrogen) atoms. The van der Waals surface area contributed by atoms with Crippen molar-refractivity contribution in [2.45, 2.75) is 31.2 Å². The van der Waals surface area contributed by atoms with E-state index in [0.29, 0.717) is 34.2 Å². The molecule has 102 valence electrons. The van der Waals surface area contributed by atoms with Crippen LogP contribution in [-0.4, -0.2) is 25.8 Å². The maximum absolute atomic E-state index is 12.5. The third-order valence-corrected chi connectivity index (χ3v) is 7.25. The molecule has 0 spiro atoms. The number of sulfonamides is 1. The van der Waals surface area contributed by atoms with Gasteiger partial charge in [0.25, 0.3) is 0 Å². The van der Waals surface area contributed by atoms with E-state index in [2.05, 4.69) is 15.9 Å². The SMILES string of the molecule is CCN(CC1CC1)S(=O)(=O)c1cc(CN)sc1Br. The van der Waals surface area contributed by atoms with Gasteiger partial charge in [-0.15, -0.1) is 11.3 Å². The second-order valence-electron chi connectivity index (χ2n) is 4.45. The van der Waals surface area contributed by atoms with Crippen LogP contribution in [0.4, 0.5) is 0 Å². The zero-order valence-electron chi connectivity index (χ0n) is 10.2. The molecule has 4 nitrogen and oxygen atoms in total. The van der Waals surface area contributed by atoms with E-state index in [-0.39, 0.29) is 0 Å². The Morgan fingerprint density at radius 3 is 2.67 bits per heavy atom. The van der Waals surface area contributed by atoms with Crippen molar-refractivity contribution in [3.63, 3.8) is 0 Å². The normalized spacial score (nSPS) is 16.4. The fraction of sp³-hybridized carbons (Fsp3) is 0.636. The van der Waals surface area contributed by atoms with E-state index in [1.165, 1.54) is 11.3 Å². The maximum atomic E-state index is 12.5. The van der Waals surface area contributed by atoms with Gasteiger partial charge in [0, 0.05) is 24.5 Å². The molecule has 0 unspecified atom stereocenters. The lowest BCUT2D eigenvalue weighted by molar-refractivity contribution is 0.412. The molecule has 1 saturated carbocycles. The van der Waals surface area contributed by atoms with E-state index < -0.39 is 10.0 Å². The van der Waals surface area contributed by atoms with Crippen molar-refractivity contribution in [3.8, 4) is 0 Å². The fourth-order valence-corrected chi connectivity index (χ4v) is 5.84. The van der Waals surface area contributed by atoms with Gasteiger partial charge in [-0.1, -0.05) is 6.92 Å². The average molecular weight is 353 g/mol. The molecule has 7 heteroatoms. The van der Waals surface area contributed by atoms with Gasteiger partial charge in [-0.2, -0.15) is 4.31 Å². The summed E-state index contributed by atoms with van der Waals surface area (Å²) in [5.74, 6) is 0.547. The van der Waals surface area contributed by atoms with Gasteiger partial charge in [-0.25, -0.2) is 8.42 Å². The third kappa shape index (κ3) is 2.96. The molecule has 0 aliphatic heterocycles. The van der Waals surface area contributed by atoms with Crippen LogP contribution in [0, 0.1) is 5.92 Å². The van der Waals surface area contributed by atoms with Crippen molar-refractivity contribution in [3.05, 3.63) is 14.7 Å². The molecule has 1 aromatic rings. The van der Waals surface area contributed by atoms with Crippen molar-refractivity contribution in [2.75, 3.05) is 13.1 Å². The number of hydrogen-bond acceptors (Lipinski definition) is 4. The Balaban J connectivity index is 2.29. The number of nitrogens with two attached hydrogens (primary N) is 1. The largest absolute Gasteiger partial charge is 0.326 e. The molecule has 1 heterocycles. The molecule has 0 amide bonds. The van der Waals surface area contributed by atoms with E-state index in [9.17, 15) is 8.42 Å². The predicted octanol–water partition coefficient (Wildman–Crippen LogP) is 2.39. The molecule has 1 aliphatic carbocycles. The number of hydrogen-bond donors (Lipinski definition) is 1. The Hall–Kier alpha value is 0.0500. The van der Waals surface area contributed by atoms with Gasteiger partial charge in [0.2, 0.25) is 10.0 Å². The maximum Gasteiger partial charge on any atom is 0.245 e. The molecule has 1 aromatic heterocycles. The minimum atomic E-state index is -3.38. The smallest absolute Gasteiger partial charge is 0.245 e. The molecule has 0 atom stereocenters. The zero-order valence-corrected chi connectivity index (χ0v) is 13.4. The van der Waals surface area contributed by atoms with E-state index >= 15 is 0 Å². The lowest BCUT2D eigenvalue weighted by Crippen LogP contribution is -2.32. The van der Waals surface area contributed by atoms with Crippen molar-refractivity contribution in [1.29, 1.82) is 0 Å². The van der Waals surface area contributed by atoms with E-state index in [0.717, 1.165) is 17.7 Å². The molecular weight excluding hydrogens is 336 g/mol. The Morgan fingerprint density at radius 1 is 1.56 bits per heavy atom. The first-order chi connectivity index (χ1) is 8.48. The fourth-order valence-electron chi connectivity index (χ4n) is 1.80. The van der Waals surface area contributed by atoms with Crippen LogP contribution in [0.3, 0.4) is 0 Å². The summed E-state index contributed by atoms with van der Waals surface area (Å²) in [6.07, 6.45) is 2.29. The monoisotopic (exact) mass is 352 g/mol. The van der Waals surface area contributed by atoms with E-state index in [4.69, 9.17) is 5.73 Å². The highest BCUT2D eigenvalue weighted by atomic mass is 79.9. The summed E-state index contributed by atoms with van der Waals surface area (Å²) in [5, 5.41) is 0. The van der Waals surface area contributed by atoms with E-state index in [1.807, 2.05) is 6.92 Å². The molecule has 0 bridgehead atoms. The van der Waals surface area contributed by atoms with Gasteiger partial charge in [-0.3, -0.25) is 0 Å². The predicted molar refractivity (Wildman–Crippen MR) is 77.1 cm³/mol. The van der Waals surface area contributed by atoms with Gasteiger partial charge in [0.15, 0.2) is 0 Å². The lowest BCUT2D eigenvalue weighted by atomic mass is 10.4. The van der Waals surface area contributed by atoms with Crippen LogP contribution >= 0.6 is 27.3 Å². The van der Waals surface area contributed by atoms with Gasteiger partial charge < -0.3 is 5.73 Å². The summed E-state index contributed by atoms with van der Waals surface area (Å²) in [5.41, 5.74) is 5.56. The topological polar surface area (TPSA) is 63.4 Å². The first kappa shape index (κ1) is 14.5. The highest BCUT2D eigenvalue weighted by Crippen LogP contribution is 2.36. The standard InChI is InChI=1S/C11H17BrN2O2S2/c1-2-14(7-8-3-4-8)18(15,16)10-5-9(6-13)17-11(10)12/h5,8H,2-4,6-7,13H2,1H3. The zero-order chi connectivity index (χ0) is 13.3. The third-order valence-electron chi connectivity index (χ3n) is 3.04. The van der Waals surface area contributed by atoms with Crippen LogP contribution in [0.2, 0.25) is 0 Å². The summed E-state index contributed by atoms with van der Waals surface area (Å²) >= 11 is 4.72. The van der Waals surface area contributed by atoms with Crippen LogP contribution < -0.4 is 5.73 Å². The molecular formula is C11H17BrN2O2S2. The van der Waals surface area contributed by atoms with Gasteiger partial charge in [0.05, 0.1) is 3.79 Å². The van der Waals surface area contributed by atoms with Crippen LogP contribution in [-0.2, 0) is 16.6 Å². The first-order valence-corrected chi connectivity index (χ1v) is 9.02. The summed E-state index contributed by atoms with van der Waals surface area (Å²) < 4.78 is 27.3. The highest BCUT2D eigenvalue weighted by molar-refractivity contribution is 9.11. The molecule has 2 rings (SSSR count). The summed E-state index contributed by atoms with van der Waals surface area (Å²) in [6.45, 7) is 3.40. The lowest BCUT2D eigenvalue weighted by Gasteiger charge is -2.19. The summed E-state index contributed by atoms with van der Waals surface area (Å²) in [7, 11) is -3.38. The molecule has 2 N–H and O–H groups in total. The Kier molecular flexibility index (Phi) is 4.48. The van der Waals surface area contributed by atoms with Crippen molar-refractivity contribution in [1.82, 2.24) is 4.31 Å². The first-order valence-electron chi connectivity index (χ1n) is 5.97. The second-order valence-corrected chi connectivity index (χ2v) is 8.81. The number of rotatable bonds is 6. The molecule has 1 aliphatic rings. The minimum Gasteiger partial charge on any atom is -0.326 e. The van der Waals surface area contributed by atoms with Gasteiger partial charge in [-0.05, 0) is 40.8 Å². The number of nitrogens with zero attached hydrogens (tertiary/aromatic N) is 1. The van der Waals surface area contributed by atoms with Crippen molar-refractivity contribution >= 4 is 37.3 Å². The van der Waals surface area contributed by atoms with E-state index in [1.54, 1.807) is 10.4 Å². The van der Waals surface area contributed by atoms with Crippen molar-refractivity contribution < 1.29 is 8.42 Å². The Bertz CT molecular complexity index is 523. The van der Waals surface area contributed by atoms with Crippen molar-refractivity contribution in [2.24, 2.45) is 11.7 Å². The molecule has 1 fully saturated rings. The number of halogens is 1. The van der Waals surface area contributed by atoms with Crippen LogP contribution in [0.15, 0.2) is 14.7 Å². The summed E-state index contributed by atoms with van der Waals surface area (Å²) in [4.78, 5) is 1.23. The van der Waals surface area contributed by atoms with Gasteiger partial charge >= 0.3 is 0 Å². The average Bonchev–Trinajstić information content (AvgIpc) is 3.07. The second kappa shape index (κ2) is 5.58. The van der Waals surface area contributed by atoms with Crippen LogP contribution in [0.5, 0.6) is 0 Å². The van der Waals surface area contributed by atoms with Crippen LogP contribution in [0.1, 0.15) is 24.6 Å². The molecule has 0 radical (unpaired) electrons. The number of thiophene rings is 1. The minimum absolute atomic E-state index is 0.357. The Morgan fingerprint density at radius 2 is 2.22 bits per heavy atom. The van der Waals surface area contributed by atoms with Crippen LogP contribution in [0.25, 0.3) is 0 Å². The molecule has 0 saturated heterocycles. The summed E-state index contributed by atoms with van der Waals surface area (Å²) in [6, 6.07) is 1.68. The molecule has 0 aromatic carbocycles.